The van der Waals surface area contributed by atoms with Crippen molar-refractivity contribution in [2.45, 2.75) is 33.6 Å². The molecule has 0 aliphatic heterocycles. The predicted octanol–water partition coefficient (Wildman–Crippen LogP) is 4.07. The molecule has 1 aliphatic carbocycles. The van der Waals surface area contributed by atoms with Crippen molar-refractivity contribution in [2.24, 2.45) is 0 Å². The Kier molecular flexibility index (Phi) is 7.15. The van der Waals surface area contributed by atoms with Crippen LogP contribution in [-0.4, -0.2) is 54.8 Å². The monoisotopic (exact) mass is 488 g/mol. The lowest BCUT2D eigenvalue weighted by molar-refractivity contribution is -0.157. The molecule has 36 heavy (non-hydrogen) atoms. The summed E-state index contributed by atoms with van der Waals surface area (Å²) in [5.41, 5.74) is 2.10. The smallest absolute Gasteiger partial charge is 0.326 e. The van der Waals surface area contributed by atoms with Gasteiger partial charge >= 0.3 is 11.9 Å². The maximum Gasteiger partial charge on any atom is 0.326 e. The van der Waals surface area contributed by atoms with E-state index in [2.05, 4.69) is 4.98 Å². The number of carbonyl (C=O) groups excluding carboxylic acids is 4. The third-order valence-corrected chi connectivity index (χ3v) is 6.31. The van der Waals surface area contributed by atoms with E-state index < -0.39 is 17.9 Å². The molecule has 3 aromatic rings. The van der Waals surface area contributed by atoms with Gasteiger partial charge in [0.2, 0.25) is 0 Å². The molecule has 186 valence electrons. The summed E-state index contributed by atoms with van der Waals surface area (Å²) in [5.74, 6) is -3.60. The van der Waals surface area contributed by atoms with E-state index in [4.69, 9.17) is 9.47 Å². The quantitative estimate of drug-likeness (QED) is 0.270. The Morgan fingerprint density at radius 1 is 0.833 bits per heavy atom. The lowest BCUT2D eigenvalue weighted by Crippen LogP contribution is -2.29. The highest BCUT2D eigenvalue weighted by molar-refractivity contribution is 6.32. The first-order chi connectivity index (χ1) is 17.4. The van der Waals surface area contributed by atoms with Crippen molar-refractivity contribution >= 4 is 40.1 Å². The number of hydrogen-bond acceptors (Lipinski definition) is 8. The zero-order valence-corrected chi connectivity index (χ0v) is 20.8. The number of rotatable bonds is 8. The molecule has 1 aliphatic rings. The van der Waals surface area contributed by atoms with Crippen LogP contribution in [0.1, 0.15) is 71.1 Å². The average Bonchev–Trinajstić information content (AvgIpc) is 2.88. The maximum absolute atomic E-state index is 13.7. The Bertz CT molecular complexity index is 1360. The van der Waals surface area contributed by atoms with Crippen LogP contribution in [0.4, 0.5) is 5.69 Å². The molecule has 1 heterocycles. The summed E-state index contributed by atoms with van der Waals surface area (Å²) in [5, 5.41) is 0.646. The SMILES string of the molecule is CCOC(=O)C(C(=O)OCC)c1cc(N(CC)CC)c2ccc3c(c2n1)C(=O)c1ccccc1C3=O. The second kappa shape index (κ2) is 10.3. The number of pyridine rings is 1. The second-order valence-electron chi connectivity index (χ2n) is 8.26. The Morgan fingerprint density at radius 2 is 1.42 bits per heavy atom. The van der Waals surface area contributed by atoms with Crippen LogP contribution < -0.4 is 4.90 Å². The third-order valence-electron chi connectivity index (χ3n) is 6.31. The number of anilines is 1. The summed E-state index contributed by atoms with van der Waals surface area (Å²) in [4.78, 5) is 59.4. The molecule has 0 saturated carbocycles. The molecule has 1 aromatic heterocycles. The largest absolute Gasteiger partial charge is 0.465 e. The number of nitrogens with zero attached hydrogens (tertiary/aromatic N) is 2. The number of aromatic nitrogens is 1. The van der Waals surface area contributed by atoms with E-state index in [-0.39, 0.29) is 47.1 Å². The summed E-state index contributed by atoms with van der Waals surface area (Å²) < 4.78 is 10.3. The molecule has 8 heteroatoms. The normalized spacial score (nSPS) is 12.4. The van der Waals surface area contributed by atoms with E-state index in [1.165, 1.54) is 0 Å². The molecule has 8 nitrogen and oxygen atoms in total. The first-order valence-corrected chi connectivity index (χ1v) is 12.1. The summed E-state index contributed by atoms with van der Waals surface area (Å²) in [6.07, 6.45) is 0. The molecular weight excluding hydrogens is 460 g/mol. The van der Waals surface area contributed by atoms with Gasteiger partial charge in [0.25, 0.3) is 0 Å². The summed E-state index contributed by atoms with van der Waals surface area (Å²) >= 11 is 0. The van der Waals surface area contributed by atoms with E-state index >= 15 is 0 Å². The number of fused-ring (bicyclic) bond motifs is 4. The number of ether oxygens (including phenoxy) is 2. The van der Waals surface area contributed by atoms with Gasteiger partial charge in [0.05, 0.1) is 30.0 Å². The van der Waals surface area contributed by atoms with Gasteiger partial charge in [-0.3, -0.25) is 24.2 Å². The number of hydrogen-bond donors (Lipinski definition) is 0. The fraction of sp³-hybridized carbons (Fsp3) is 0.321. The Hall–Kier alpha value is -4.07. The van der Waals surface area contributed by atoms with E-state index in [0.29, 0.717) is 35.3 Å². The van der Waals surface area contributed by atoms with Crippen molar-refractivity contribution in [3.63, 3.8) is 0 Å². The molecule has 0 saturated heterocycles. The van der Waals surface area contributed by atoms with Crippen molar-refractivity contribution < 1.29 is 28.7 Å². The Balaban J connectivity index is 2.05. The van der Waals surface area contributed by atoms with Crippen molar-refractivity contribution in [1.29, 1.82) is 0 Å². The standard InChI is InChI=1S/C28H28N2O6/c1-5-30(6-2)21-15-20(23(27(33)35-7-3)28(34)36-8-4)29-24-18(21)13-14-19-22(24)26(32)17-12-10-9-11-16(17)25(19)31/h9-15,23H,5-8H2,1-4H3. The van der Waals surface area contributed by atoms with E-state index in [0.717, 1.165) is 0 Å². The maximum atomic E-state index is 13.7. The van der Waals surface area contributed by atoms with E-state index in [9.17, 15) is 19.2 Å². The van der Waals surface area contributed by atoms with Crippen LogP contribution in [0.2, 0.25) is 0 Å². The zero-order chi connectivity index (χ0) is 26.0. The van der Waals surface area contributed by atoms with Gasteiger partial charge in [0.1, 0.15) is 0 Å². The van der Waals surface area contributed by atoms with Crippen LogP contribution in [0.3, 0.4) is 0 Å². The van der Waals surface area contributed by atoms with Crippen LogP contribution >= 0.6 is 0 Å². The van der Waals surface area contributed by atoms with Gasteiger partial charge in [0.15, 0.2) is 17.5 Å². The van der Waals surface area contributed by atoms with Crippen LogP contribution in [0.25, 0.3) is 10.9 Å². The number of benzene rings is 2. The Labute approximate surface area is 209 Å². The lowest BCUT2D eigenvalue weighted by atomic mass is 9.82. The number of esters is 2. The molecule has 0 fully saturated rings. The molecule has 0 atom stereocenters. The van der Waals surface area contributed by atoms with Crippen LogP contribution in [-0.2, 0) is 19.1 Å². The van der Waals surface area contributed by atoms with Crippen molar-refractivity contribution in [3.8, 4) is 0 Å². The molecule has 0 N–H and O–H groups in total. The molecule has 0 amide bonds. The van der Waals surface area contributed by atoms with Crippen molar-refractivity contribution in [2.75, 3.05) is 31.2 Å². The second-order valence-corrected chi connectivity index (χ2v) is 8.26. The van der Waals surface area contributed by atoms with Gasteiger partial charge in [0, 0.05) is 40.9 Å². The summed E-state index contributed by atoms with van der Waals surface area (Å²) in [6.45, 7) is 8.66. The first-order valence-electron chi connectivity index (χ1n) is 12.1. The molecule has 2 aromatic carbocycles. The van der Waals surface area contributed by atoms with Gasteiger partial charge in [-0.05, 0) is 45.9 Å². The fourth-order valence-electron chi connectivity index (χ4n) is 4.63. The van der Waals surface area contributed by atoms with Crippen LogP contribution in [0, 0.1) is 0 Å². The van der Waals surface area contributed by atoms with Crippen molar-refractivity contribution in [3.05, 3.63) is 70.4 Å². The minimum atomic E-state index is -1.43. The van der Waals surface area contributed by atoms with E-state index in [1.54, 1.807) is 56.3 Å². The average molecular weight is 489 g/mol. The highest BCUT2D eigenvalue weighted by Crippen LogP contribution is 2.37. The van der Waals surface area contributed by atoms with Gasteiger partial charge < -0.3 is 14.4 Å². The third kappa shape index (κ3) is 4.12. The molecule has 0 spiro atoms. The number of carbonyl (C=O) groups is 4. The first kappa shape index (κ1) is 25.0. The fourth-order valence-corrected chi connectivity index (χ4v) is 4.63. The predicted molar refractivity (Wildman–Crippen MR) is 135 cm³/mol. The highest BCUT2D eigenvalue weighted by atomic mass is 16.6. The lowest BCUT2D eigenvalue weighted by Gasteiger charge is -2.26. The van der Waals surface area contributed by atoms with Gasteiger partial charge in [-0.1, -0.05) is 24.3 Å². The van der Waals surface area contributed by atoms with E-state index in [1.807, 2.05) is 18.7 Å². The summed E-state index contributed by atoms with van der Waals surface area (Å²) in [6, 6.07) is 11.8. The van der Waals surface area contributed by atoms with Crippen LogP contribution in [0.15, 0.2) is 42.5 Å². The van der Waals surface area contributed by atoms with Crippen molar-refractivity contribution in [1.82, 2.24) is 4.98 Å². The van der Waals surface area contributed by atoms with Gasteiger partial charge in [-0.2, -0.15) is 0 Å². The van der Waals surface area contributed by atoms with Gasteiger partial charge in [-0.15, -0.1) is 0 Å². The molecule has 0 unspecified atom stereocenters. The molecule has 4 rings (SSSR count). The minimum Gasteiger partial charge on any atom is -0.465 e. The topological polar surface area (TPSA) is 103 Å². The highest BCUT2D eigenvalue weighted by Gasteiger charge is 2.36. The zero-order valence-electron chi connectivity index (χ0n) is 20.8. The minimum absolute atomic E-state index is 0.0738. The van der Waals surface area contributed by atoms with Crippen LogP contribution in [0.5, 0.6) is 0 Å². The molecule has 0 bridgehead atoms. The van der Waals surface area contributed by atoms with Gasteiger partial charge in [-0.25, -0.2) is 0 Å². The molecular formula is C28H28N2O6. The Morgan fingerprint density at radius 3 is 1.97 bits per heavy atom. The molecule has 0 radical (unpaired) electrons. The number of ketones is 2. The summed E-state index contributed by atoms with van der Waals surface area (Å²) in [7, 11) is 0.